The average Bonchev–Trinajstić information content (AvgIpc) is 3.33. The summed E-state index contributed by atoms with van der Waals surface area (Å²) < 4.78 is 110. The molecule has 3 rings (SSSR count). The van der Waals surface area contributed by atoms with Gasteiger partial charge in [0.05, 0.1) is 37.1 Å². The number of rotatable bonds is 6. The number of alkyl halides is 3. The van der Waals surface area contributed by atoms with Crippen LogP contribution in [0.1, 0.15) is 15.9 Å². The van der Waals surface area contributed by atoms with Crippen molar-refractivity contribution in [3.63, 3.8) is 0 Å². The van der Waals surface area contributed by atoms with Crippen LogP contribution < -0.4 is 4.74 Å². The second-order valence-corrected chi connectivity index (χ2v) is 6.03. The van der Waals surface area contributed by atoms with E-state index >= 15 is 0 Å². The van der Waals surface area contributed by atoms with Gasteiger partial charge in [0, 0.05) is 6.20 Å². The Hall–Kier alpha value is -2.87. The lowest BCUT2D eigenvalue weighted by Crippen LogP contribution is -2.51. The smallest absolute Gasteiger partial charge is 0.447 e. The molecule has 1 aliphatic rings. The quantitative estimate of drug-likeness (QED) is 0.545. The van der Waals surface area contributed by atoms with Gasteiger partial charge in [-0.3, -0.25) is 4.68 Å². The summed E-state index contributed by atoms with van der Waals surface area (Å²) in [6.07, 6.45) is -3.47. The molecule has 1 aliphatic heterocycles. The van der Waals surface area contributed by atoms with Crippen molar-refractivity contribution in [3.05, 3.63) is 46.8 Å². The maximum atomic E-state index is 14.3. The van der Waals surface area contributed by atoms with Crippen LogP contribution in [0.15, 0.2) is 12.4 Å². The fourth-order valence-electron chi connectivity index (χ4n) is 2.60. The molecule has 0 spiro atoms. The van der Waals surface area contributed by atoms with Crippen LogP contribution in [0, 0.1) is 23.3 Å². The fourth-order valence-corrected chi connectivity index (χ4v) is 2.60. The van der Waals surface area contributed by atoms with E-state index in [-0.39, 0.29) is 5.56 Å². The molecule has 0 radical (unpaired) electrons. The molecule has 0 saturated carbocycles. The molecule has 30 heavy (non-hydrogen) atoms. The van der Waals surface area contributed by atoms with Crippen molar-refractivity contribution < 1.29 is 54.8 Å². The van der Waals surface area contributed by atoms with Gasteiger partial charge < -0.3 is 19.3 Å². The van der Waals surface area contributed by atoms with E-state index in [1.807, 2.05) is 0 Å². The predicted octanol–water partition coefficient (Wildman–Crippen LogP) is 2.87. The van der Waals surface area contributed by atoms with Gasteiger partial charge in [-0.25, -0.2) is 13.6 Å². The zero-order valence-corrected chi connectivity index (χ0v) is 14.6. The first kappa shape index (κ1) is 21.8. The largest absolute Gasteiger partial charge is 0.481 e. The maximum absolute atomic E-state index is 14.3. The van der Waals surface area contributed by atoms with Crippen molar-refractivity contribution in [1.29, 1.82) is 0 Å². The van der Waals surface area contributed by atoms with Crippen LogP contribution in [-0.2, 0) is 16.0 Å². The van der Waals surface area contributed by atoms with E-state index in [0.29, 0.717) is 4.68 Å². The van der Waals surface area contributed by atoms with E-state index in [1.165, 1.54) is 0 Å². The Morgan fingerprint density at radius 3 is 2.17 bits per heavy atom. The summed E-state index contributed by atoms with van der Waals surface area (Å²) in [5.41, 5.74) is -1.54. The number of benzene rings is 1. The highest BCUT2D eigenvalue weighted by Gasteiger charge is 2.61. The van der Waals surface area contributed by atoms with Crippen LogP contribution in [0.3, 0.4) is 0 Å². The van der Waals surface area contributed by atoms with Gasteiger partial charge in [0.2, 0.25) is 11.6 Å². The second kappa shape index (κ2) is 7.75. The number of hydrogen-bond acceptors (Lipinski definition) is 5. The standard InChI is InChI=1S/C16H11F7N2O5/c17-9-8(5-25-4-7(3-24-25)14(26)27)10(18)12(20)13(11(9)19)28-6-15(16(21,22)23)29-1-2-30-15/h3-4H,1-2,5-6H2,(H,26,27). The average molecular weight is 444 g/mol. The van der Waals surface area contributed by atoms with Crippen molar-refractivity contribution in [2.45, 2.75) is 18.5 Å². The Balaban J connectivity index is 1.89. The second-order valence-electron chi connectivity index (χ2n) is 6.03. The van der Waals surface area contributed by atoms with Crippen molar-refractivity contribution >= 4 is 5.97 Å². The van der Waals surface area contributed by atoms with E-state index < -0.39 is 78.9 Å². The van der Waals surface area contributed by atoms with Gasteiger partial charge in [-0.15, -0.1) is 0 Å². The van der Waals surface area contributed by atoms with Crippen LogP contribution in [0.4, 0.5) is 30.7 Å². The number of aromatic nitrogens is 2. The Morgan fingerprint density at radius 1 is 1.13 bits per heavy atom. The van der Waals surface area contributed by atoms with Crippen molar-refractivity contribution in [1.82, 2.24) is 9.78 Å². The third kappa shape index (κ3) is 3.79. The molecule has 0 amide bonds. The molecule has 164 valence electrons. The highest BCUT2D eigenvalue weighted by atomic mass is 19.4. The molecule has 2 heterocycles. The monoisotopic (exact) mass is 444 g/mol. The van der Waals surface area contributed by atoms with Crippen molar-refractivity contribution in [2.24, 2.45) is 0 Å². The predicted molar refractivity (Wildman–Crippen MR) is 80.7 cm³/mol. The number of nitrogens with zero attached hydrogens (tertiary/aromatic N) is 2. The fraction of sp³-hybridized carbons (Fsp3) is 0.375. The minimum absolute atomic E-state index is 0.356. The van der Waals surface area contributed by atoms with Gasteiger partial charge in [-0.1, -0.05) is 0 Å². The third-order valence-corrected chi connectivity index (χ3v) is 4.11. The number of ether oxygens (including phenoxy) is 3. The molecular formula is C16H11F7N2O5. The third-order valence-electron chi connectivity index (χ3n) is 4.11. The van der Waals surface area contributed by atoms with Crippen LogP contribution in [0.25, 0.3) is 0 Å². The lowest BCUT2D eigenvalue weighted by atomic mass is 10.1. The molecular weight excluding hydrogens is 433 g/mol. The molecule has 7 nitrogen and oxygen atoms in total. The molecule has 1 saturated heterocycles. The van der Waals surface area contributed by atoms with Gasteiger partial charge in [-0.05, 0) is 0 Å². The summed E-state index contributed by atoms with van der Waals surface area (Å²) in [4.78, 5) is 10.8. The highest BCUT2D eigenvalue weighted by molar-refractivity contribution is 5.86. The topological polar surface area (TPSA) is 82.8 Å². The molecule has 0 unspecified atom stereocenters. The van der Waals surface area contributed by atoms with Crippen LogP contribution >= 0.6 is 0 Å². The number of aromatic carboxylic acids is 1. The Morgan fingerprint density at radius 2 is 1.70 bits per heavy atom. The van der Waals surface area contributed by atoms with Crippen LogP contribution in [0.2, 0.25) is 0 Å². The van der Waals surface area contributed by atoms with E-state index in [4.69, 9.17) is 5.11 Å². The summed E-state index contributed by atoms with van der Waals surface area (Å²) in [6, 6.07) is 0. The summed E-state index contributed by atoms with van der Waals surface area (Å²) in [7, 11) is 0. The minimum atomic E-state index is -5.16. The van der Waals surface area contributed by atoms with Crippen LogP contribution in [0.5, 0.6) is 5.75 Å². The summed E-state index contributed by atoms with van der Waals surface area (Å²) in [5, 5.41) is 12.3. The van der Waals surface area contributed by atoms with Gasteiger partial charge >= 0.3 is 17.9 Å². The highest BCUT2D eigenvalue weighted by Crippen LogP contribution is 2.39. The number of carboxylic acids is 1. The number of halogens is 7. The van der Waals surface area contributed by atoms with Gasteiger partial charge in [0.25, 0.3) is 0 Å². The van der Waals surface area contributed by atoms with Crippen LogP contribution in [-0.4, -0.2) is 52.6 Å². The molecule has 2 aromatic rings. The zero-order valence-electron chi connectivity index (χ0n) is 14.6. The molecule has 14 heteroatoms. The Labute approximate surface area is 162 Å². The van der Waals surface area contributed by atoms with Gasteiger partial charge in [-0.2, -0.15) is 27.1 Å². The first-order chi connectivity index (χ1) is 14.0. The van der Waals surface area contributed by atoms with E-state index in [1.54, 1.807) is 0 Å². The Kier molecular flexibility index (Phi) is 5.64. The Bertz CT molecular complexity index is 941. The zero-order chi connectivity index (χ0) is 22.3. The number of carboxylic acid groups (broad SMARTS) is 1. The summed E-state index contributed by atoms with van der Waals surface area (Å²) in [5.74, 6) is -14.6. The normalized spacial score (nSPS) is 16.1. The molecule has 1 aromatic carbocycles. The molecule has 1 aromatic heterocycles. The number of hydrogen-bond donors (Lipinski definition) is 1. The molecule has 1 N–H and O–H groups in total. The first-order valence-corrected chi connectivity index (χ1v) is 8.05. The van der Waals surface area contributed by atoms with Crippen molar-refractivity contribution in [2.75, 3.05) is 19.8 Å². The maximum Gasteiger partial charge on any atom is 0.447 e. The lowest BCUT2D eigenvalue weighted by molar-refractivity contribution is -0.350. The molecule has 0 atom stereocenters. The molecule has 0 aliphatic carbocycles. The summed E-state index contributed by atoms with van der Waals surface area (Å²) in [6.45, 7) is -3.50. The van der Waals surface area contributed by atoms with E-state index in [9.17, 15) is 35.5 Å². The van der Waals surface area contributed by atoms with Crippen molar-refractivity contribution in [3.8, 4) is 5.75 Å². The lowest BCUT2D eigenvalue weighted by Gasteiger charge is -2.29. The minimum Gasteiger partial charge on any atom is -0.481 e. The summed E-state index contributed by atoms with van der Waals surface area (Å²) >= 11 is 0. The number of carbonyl (C=O) groups is 1. The molecule has 0 bridgehead atoms. The molecule has 1 fully saturated rings. The van der Waals surface area contributed by atoms with E-state index in [2.05, 4.69) is 19.3 Å². The van der Waals surface area contributed by atoms with Gasteiger partial charge in [0.1, 0.15) is 0 Å². The van der Waals surface area contributed by atoms with Gasteiger partial charge in [0.15, 0.2) is 24.0 Å². The first-order valence-electron chi connectivity index (χ1n) is 8.05. The SMILES string of the molecule is O=C(O)c1cnn(Cc2c(F)c(F)c(OCC3(C(F)(F)F)OCCO3)c(F)c2F)c1. The van der Waals surface area contributed by atoms with E-state index in [0.717, 1.165) is 12.4 Å².